The molecule has 17 heteroatoms. The number of nitrogens with two attached hydrogens (primary N) is 1. The van der Waals surface area contributed by atoms with Crippen LogP contribution in [0.3, 0.4) is 0 Å². The van der Waals surface area contributed by atoms with Crippen LogP contribution < -0.4 is 16.0 Å². The van der Waals surface area contributed by atoms with Crippen LogP contribution in [0.15, 0.2) is 30.3 Å². The second-order valence-corrected chi connectivity index (χ2v) is 17.9. The van der Waals surface area contributed by atoms with Crippen molar-refractivity contribution in [3.63, 3.8) is 0 Å². The molecule has 2 fully saturated rings. The van der Waals surface area contributed by atoms with Crippen LogP contribution in [0.5, 0.6) is 5.75 Å². The minimum atomic E-state index is -2.90. The van der Waals surface area contributed by atoms with Gasteiger partial charge in [-0.25, -0.2) is 9.59 Å². The summed E-state index contributed by atoms with van der Waals surface area (Å²) in [5.74, 6) is -13.8. The molecule has 0 saturated heterocycles. The van der Waals surface area contributed by atoms with Gasteiger partial charge in [-0.3, -0.25) is 38.6 Å². The largest absolute Gasteiger partial charge is 0.505 e. The van der Waals surface area contributed by atoms with Crippen molar-refractivity contribution in [1.29, 1.82) is 0 Å². The molecule has 0 aliphatic heterocycles. The average Bonchev–Trinajstić information content (AvgIpc) is 3.11. The summed E-state index contributed by atoms with van der Waals surface area (Å²) in [5, 5.41) is 26.1. The van der Waals surface area contributed by atoms with Gasteiger partial charge in [0, 0.05) is 31.2 Å². The van der Waals surface area contributed by atoms with Crippen LogP contribution in [0.25, 0.3) is 0 Å². The Kier molecular flexibility index (Phi) is 11.9. The number of primary amides is 1. The van der Waals surface area contributed by atoms with Crippen LogP contribution in [-0.2, 0) is 45.3 Å². The Hall–Kier alpha value is -5.68. The molecule has 3 aliphatic carbocycles. The minimum Gasteiger partial charge on any atom is -0.505 e. The van der Waals surface area contributed by atoms with Gasteiger partial charge in [0.15, 0.2) is 34.7 Å². The van der Waals surface area contributed by atoms with Crippen molar-refractivity contribution in [2.75, 3.05) is 51.7 Å². The number of nitrogens with one attached hydrogen (secondary N) is 1. The average molecular weight is 820 g/mol. The van der Waals surface area contributed by atoms with E-state index < -0.39 is 107 Å². The summed E-state index contributed by atoms with van der Waals surface area (Å²) in [6, 6.07) is 7.00. The molecular formula is C42H53N5O12. The fourth-order valence-electron chi connectivity index (χ4n) is 8.46. The lowest BCUT2D eigenvalue weighted by Crippen LogP contribution is -2.74. The number of ether oxygens (including phenoxy) is 2. The van der Waals surface area contributed by atoms with Crippen LogP contribution in [0.2, 0.25) is 0 Å². The number of Topliss-reactive ketones (excluding diaryl/α,β-unsaturated/α-hetero) is 4. The van der Waals surface area contributed by atoms with E-state index in [4.69, 9.17) is 15.2 Å². The summed E-state index contributed by atoms with van der Waals surface area (Å²) in [4.78, 5) is 112. The Morgan fingerprint density at radius 1 is 0.932 bits per heavy atom. The van der Waals surface area contributed by atoms with Crippen molar-refractivity contribution in [1.82, 2.24) is 9.80 Å². The molecule has 6 atom stereocenters. The van der Waals surface area contributed by atoms with E-state index in [1.807, 2.05) is 20.8 Å². The summed E-state index contributed by atoms with van der Waals surface area (Å²) in [6.45, 7) is 9.66. The summed E-state index contributed by atoms with van der Waals surface area (Å²) >= 11 is 0. The second-order valence-electron chi connectivity index (χ2n) is 17.9. The summed E-state index contributed by atoms with van der Waals surface area (Å²) in [6.07, 6.45) is -1.11. The van der Waals surface area contributed by atoms with Gasteiger partial charge in [0.05, 0.1) is 28.8 Å². The van der Waals surface area contributed by atoms with E-state index in [1.165, 1.54) is 25.1 Å². The van der Waals surface area contributed by atoms with Gasteiger partial charge in [0.25, 0.3) is 0 Å². The van der Waals surface area contributed by atoms with Crippen molar-refractivity contribution < 1.29 is 58.0 Å². The SMILES string of the molecule is CN(C)c1cc(NC(=O)CN(C(=O)OCOC(=O)c2ccc(C(C)(C)C)cc2)C(C)(C)C)c(O)c2c1CC1CC3[C@H](N(C)C)C(=O)C(C(N)=O)C(=O)[C@@]3(O)C(=O)C1C2=O. The molecule has 2 saturated carbocycles. The standard InChI is InChI=1S/C42H53N5O12/c1-40(2,3)22-13-11-20(12-14-22)38(55)58-19-59-39(56)47(41(4,5)6)18-27(48)44-25-17-26(45(7)8)23-15-21-16-24-31(46(9)10)34(51)30(37(43)54)36(53)42(24,57)35(52)28(21)33(50)29(23)32(25)49/h11-14,17,21,24,28,30-31,49,57H,15-16,18-19H2,1-10H3,(H2,43,54)(H,44,48)/t21?,24?,28?,30?,31-,42-/m0/s1. The Bertz CT molecular complexity index is 2120. The number of likely N-dealkylation sites (N-methyl/N-ethyl adjacent to an activating group) is 1. The van der Waals surface area contributed by atoms with E-state index in [-0.39, 0.29) is 35.1 Å². The highest BCUT2D eigenvalue weighted by Gasteiger charge is 2.69. The van der Waals surface area contributed by atoms with Crippen LogP contribution in [-0.4, -0.2) is 126 Å². The van der Waals surface area contributed by atoms with Gasteiger partial charge in [0.2, 0.25) is 18.6 Å². The van der Waals surface area contributed by atoms with Crippen molar-refractivity contribution in [3.8, 4) is 5.75 Å². The molecule has 3 amide bonds. The molecule has 318 valence electrons. The van der Waals surface area contributed by atoms with Gasteiger partial charge in [0.1, 0.15) is 12.3 Å². The monoisotopic (exact) mass is 819 g/mol. The maximum Gasteiger partial charge on any atom is 0.413 e. The number of amides is 3. The van der Waals surface area contributed by atoms with Gasteiger partial charge in [-0.15, -0.1) is 0 Å². The minimum absolute atomic E-state index is 0.0115. The lowest BCUT2D eigenvalue weighted by atomic mass is 9.52. The molecule has 3 aliphatic rings. The van der Waals surface area contributed by atoms with E-state index in [9.17, 15) is 48.6 Å². The van der Waals surface area contributed by atoms with Crippen molar-refractivity contribution in [3.05, 3.63) is 52.6 Å². The first-order valence-electron chi connectivity index (χ1n) is 19.2. The summed E-state index contributed by atoms with van der Waals surface area (Å²) < 4.78 is 10.4. The Balaban J connectivity index is 1.38. The van der Waals surface area contributed by atoms with E-state index in [2.05, 4.69) is 5.32 Å². The Morgan fingerprint density at radius 2 is 1.54 bits per heavy atom. The number of benzene rings is 2. The Morgan fingerprint density at radius 3 is 2.07 bits per heavy atom. The first kappa shape index (κ1) is 44.4. The molecule has 5 rings (SSSR count). The molecule has 0 radical (unpaired) electrons. The number of aliphatic hydroxyl groups is 1. The quantitative estimate of drug-likeness (QED) is 0.123. The Labute approximate surface area is 342 Å². The smallest absolute Gasteiger partial charge is 0.413 e. The number of rotatable bonds is 9. The predicted molar refractivity (Wildman–Crippen MR) is 213 cm³/mol. The molecule has 17 nitrogen and oxygen atoms in total. The number of carbonyl (C=O) groups is 8. The fraction of sp³-hybridized carbons (Fsp3) is 0.524. The number of anilines is 2. The predicted octanol–water partition coefficient (Wildman–Crippen LogP) is 2.22. The summed E-state index contributed by atoms with van der Waals surface area (Å²) in [5.41, 5.74) is 2.81. The van der Waals surface area contributed by atoms with Crippen molar-refractivity contribution >= 4 is 58.4 Å². The third kappa shape index (κ3) is 8.05. The van der Waals surface area contributed by atoms with E-state index in [0.29, 0.717) is 11.3 Å². The topological polar surface area (TPSA) is 243 Å². The molecule has 2 aromatic rings. The fourth-order valence-corrected chi connectivity index (χ4v) is 8.46. The molecular weight excluding hydrogens is 766 g/mol. The number of fused-ring (bicyclic) bond motifs is 3. The number of nitrogens with zero attached hydrogens (tertiary/aromatic N) is 3. The molecule has 4 unspecified atom stereocenters. The molecule has 2 aromatic carbocycles. The number of esters is 1. The number of phenols is 1. The number of phenolic OH excluding ortho intramolecular Hbond substituents is 1. The van der Waals surface area contributed by atoms with Crippen LogP contribution >= 0.6 is 0 Å². The third-order valence-corrected chi connectivity index (χ3v) is 11.5. The molecule has 0 bridgehead atoms. The molecule has 0 aromatic heterocycles. The van der Waals surface area contributed by atoms with Crippen LogP contribution in [0, 0.1) is 23.7 Å². The first-order valence-corrected chi connectivity index (χ1v) is 19.2. The van der Waals surface area contributed by atoms with Crippen molar-refractivity contribution in [2.24, 2.45) is 29.4 Å². The van der Waals surface area contributed by atoms with E-state index in [1.54, 1.807) is 64.0 Å². The lowest BCUT2D eigenvalue weighted by Gasteiger charge is -2.52. The molecule has 59 heavy (non-hydrogen) atoms. The van der Waals surface area contributed by atoms with Crippen LogP contribution in [0.4, 0.5) is 16.2 Å². The van der Waals surface area contributed by atoms with Gasteiger partial charge >= 0.3 is 12.1 Å². The van der Waals surface area contributed by atoms with Gasteiger partial charge in [-0.1, -0.05) is 32.9 Å². The molecule has 5 N–H and O–H groups in total. The van der Waals surface area contributed by atoms with Gasteiger partial charge in [-0.05, 0) is 88.4 Å². The maximum absolute atomic E-state index is 14.4. The van der Waals surface area contributed by atoms with Gasteiger partial charge in [-0.2, -0.15) is 0 Å². The highest BCUT2D eigenvalue weighted by molar-refractivity contribution is 6.32. The molecule has 0 spiro atoms. The number of carbonyl (C=O) groups excluding carboxylic acids is 8. The van der Waals surface area contributed by atoms with E-state index in [0.717, 1.165) is 10.5 Å². The van der Waals surface area contributed by atoms with Gasteiger partial charge < -0.3 is 35.6 Å². The number of hydrogen-bond acceptors (Lipinski definition) is 14. The highest BCUT2D eigenvalue weighted by atomic mass is 16.7. The van der Waals surface area contributed by atoms with Crippen molar-refractivity contribution in [2.45, 2.75) is 77.0 Å². The number of hydrogen-bond donors (Lipinski definition) is 4. The normalized spacial score (nSPS) is 24.1. The lowest BCUT2D eigenvalue weighted by molar-refractivity contribution is -0.181. The third-order valence-electron chi connectivity index (χ3n) is 11.5. The number of ketones is 4. The maximum atomic E-state index is 14.4. The summed E-state index contributed by atoms with van der Waals surface area (Å²) in [7, 11) is 6.33. The zero-order valence-electron chi connectivity index (χ0n) is 35.0. The molecule has 0 heterocycles. The van der Waals surface area contributed by atoms with Crippen LogP contribution in [0.1, 0.15) is 79.8 Å². The second kappa shape index (κ2) is 15.8. The zero-order valence-corrected chi connectivity index (χ0v) is 35.0. The highest BCUT2D eigenvalue weighted by Crippen LogP contribution is 2.52. The number of aromatic hydroxyl groups is 1. The zero-order chi connectivity index (χ0) is 44.3. The first-order chi connectivity index (χ1) is 27.2. The van der Waals surface area contributed by atoms with E-state index >= 15 is 0 Å².